The summed E-state index contributed by atoms with van der Waals surface area (Å²) in [4.78, 5) is 11.9. The van der Waals surface area contributed by atoms with Crippen molar-refractivity contribution < 1.29 is 9.90 Å². The molecule has 0 aliphatic carbocycles. The summed E-state index contributed by atoms with van der Waals surface area (Å²) in [7, 11) is 1.74. The highest BCUT2D eigenvalue weighted by Crippen LogP contribution is 2.18. The van der Waals surface area contributed by atoms with E-state index >= 15 is 0 Å². The Kier molecular flexibility index (Phi) is 2.82. The Hall–Kier alpha value is -2.30. The summed E-state index contributed by atoms with van der Waals surface area (Å²) in [6.45, 7) is 1.78. The topological polar surface area (TPSA) is 67.2 Å². The Balaban J connectivity index is 2.20. The zero-order valence-corrected chi connectivity index (χ0v) is 9.64. The molecule has 1 amide bonds. The maximum absolute atomic E-state index is 11.9. The van der Waals surface area contributed by atoms with Gasteiger partial charge >= 0.3 is 0 Å². The zero-order chi connectivity index (χ0) is 12.4. The van der Waals surface area contributed by atoms with E-state index in [0.717, 1.165) is 5.56 Å². The number of carbonyl (C=O) groups is 1. The average molecular weight is 231 g/mol. The molecule has 0 bridgehead atoms. The summed E-state index contributed by atoms with van der Waals surface area (Å²) < 4.78 is 1.56. The molecule has 5 nitrogen and oxygen atoms in total. The molecule has 0 aliphatic rings. The summed E-state index contributed by atoms with van der Waals surface area (Å²) in [6.07, 6.45) is 1.60. The maximum atomic E-state index is 11.9. The van der Waals surface area contributed by atoms with E-state index in [-0.39, 0.29) is 11.7 Å². The lowest BCUT2D eigenvalue weighted by Gasteiger charge is -2.06. The fourth-order valence-corrected chi connectivity index (χ4v) is 1.44. The number of hydrogen-bond acceptors (Lipinski definition) is 3. The number of hydrogen-bond donors (Lipinski definition) is 2. The number of aromatic nitrogens is 2. The van der Waals surface area contributed by atoms with E-state index in [1.54, 1.807) is 43.0 Å². The van der Waals surface area contributed by atoms with Crippen molar-refractivity contribution in [1.29, 1.82) is 0 Å². The summed E-state index contributed by atoms with van der Waals surface area (Å²) >= 11 is 0. The number of phenols is 1. The first kappa shape index (κ1) is 11.2. The van der Waals surface area contributed by atoms with Gasteiger partial charge in [-0.1, -0.05) is 6.07 Å². The lowest BCUT2D eigenvalue weighted by atomic mass is 10.1. The standard InChI is InChI=1S/C12H13N3O2/c1-8-3-4-9(7-10(8)16)12(17)14-11-5-6-13-15(11)2/h3-7,16H,1-2H3,(H,14,17). The van der Waals surface area contributed by atoms with E-state index in [1.807, 2.05) is 0 Å². The number of nitrogens with one attached hydrogen (secondary N) is 1. The van der Waals surface area contributed by atoms with Gasteiger partial charge in [-0.25, -0.2) is 0 Å². The predicted octanol–water partition coefficient (Wildman–Crippen LogP) is 1.69. The molecule has 0 radical (unpaired) electrons. The third kappa shape index (κ3) is 2.28. The predicted molar refractivity (Wildman–Crippen MR) is 64.0 cm³/mol. The lowest BCUT2D eigenvalue weighted by Crippen LogP contribution is -2.14. The Morgan fingerprint density at radius 1 is 1.41 bits per heavy atom. The van der Waals surface area contributed by atoms with Crippen molar-refractivity contribution in [2.75, 3.05) is 5.32 Å². The second-order valence-corrected chi connectivity index (χ2v) is 3.80. The summed E-state index contributed by atoms with van der Waals surface area (Å²) in [5.74, 6) is 0.446. The Bertz CT molecular complexity index is 561. The summed E-state index contributed by atoms with van der Waals surface area (Å²) in [6, 6.07) is 6.52. The number of anilines is 1. The van der Waals surface area contributed by atoms with Crippen LogP contribution in [0.2, 0.25) is 0 Å². The number of nitrogens with zero attached hydrogens (tertiary/aromatic N) is 2. The monoisotopic (exact) mass is 231 g/mol. The van der Waals surface area contributed by atoms with Gasteiger partial charge < -0.3 is 10.4 Å². The molecule has 2 N–H and O–H groups in total. The first-order chi connectivity index (χ1) is 8.08. The van der Waals surface area contributed by atoms with E-state index in [2.05, 4.69) is 10.4 Å². The van der Waals surface area contributed by atoms with Crippen LogP contribution in [0.3, 0.4) is 0 Å². The minimum Gasteiger partial charge on any atom is -0.508 e. The minimum absolute atomic E-state index is 0.114. The van der Waals surface area contributed by atoms with Crippen LogP contribution in [0.1, 0.15) is 15.9 Å². The Morgan fingerprint density at radius 3 is 2.76 bits per heavy atom. The van der Waals surface area contributed by atoms with Crippen LogP contribution in [0.4, 0.5) is 5.82 Å². The fraction of sp³-hybridized carbons (Fsp3) is 0.167. The molecule has 1 heterocycles. The smallest absolute Gasteiger partial charge is 0.256 e. The fourth-order valence-electron chi connectivity index (χ4n) is 1.44. The number of carbonyl (C=O) groups excluding carboxylic acids is 1. The van der Waals surface area contributed by atoms with Gasteiger partial charge in [0.05, 0.1) is 6.20 Å². The first-order valence-corrected chi connectivity index (χ1v) is 5.17. The molecule has 0 saturated carbocycles. The number of phenolic OH excluding ortho intramolecular Hbond substituents is 1. The second-order valence-electron chi connectivity index (χ2n) is 3.80. The third-order valence-corrected chi connectivity index (χ3v) is 2.53. The quantitative estimate of drug-likeness (QED) is 0.826. The number of rotatable bonds is 2. The highest BCUT2D eigenvalue weighted by atomic mass is 16.3. The highest BCUT2D eigenvalue weighted by Gasteiger charge is 2.09. The molecular weight excluding hydrogens is 218 g/mol. The van der Waals surface area contributed by atoms with E-state index in [1.165, 1.54) is 6.07 Å². The molecule has 2 rings (SSSR count). The van der Waals surface area contributed by atoms with Gasteiger partial charge in [-0.05, 0) is 24.6 Å². The van der Waals surface area contributed by atoms with Crippen LogP contribution in [0.5, 0.6) is 5.75 Å². The van der Waals surface area contributed by atoms with Crippen molar-refractivity contribution in [3.8, 4) is 5.75 Å². The SMILES string of the molecule is Cc1ccc(C(=O)Nc2ccnn2C)cc1O. The molecule has 1 aromatic heterocycles. The molecule has 0 atom stereocenters. The van der Waals surface area contributed by atoms with Crippen LogP contribution in [-0.4, -0.2) is 20.8 Å². The lowest BCUT2D eigenvalue weighted by molar-refractivity contribution is 0.102. The van der Waals surface area contributed by atoms with Crippen molar-refractivity contribution in [2.24, 2.45) is 7.05 Å². The van der Waals surface area contributed by atoms with Gasteiger partial charge in [-0.3, -0.25) is 9.48 Å². The molecule has 0 spiro atoms. The van der Waals surface area contributed by atoms with Gasteiger partial charge in [0.1, 0.15) is 11.6 Å². The molecule has 2 aromatic rings. The van der Waals surface area contributed by atoms with Gasteiger partial charge in [0.15, 0.2) is 0 Å². The zero-order valence-electron chi connectivity index (χ0n) is 9.64. The molecule has 1 aromatic carbocycles. The summed E-state index contributed by atoms with van der Waals surface area (Å²) in [5, 5.41) is 16.2. The van der Waals surface area contributed by atoms with E-state index in [9.17, 15) is 9.90 Å². The van der Waals surface area contributed by atoms with Crippen LogP contribution in [-0.2, 0) is 7.05 Å². The number of aryl methyl sites for hydroxylation is 2. The van der Waals surface area contributed by atoms with Gasteiger partial charge in [-0.2, -0.15) is 5.10 Å². The minimum atomic E-state index is -0.274. The number of aromatic hydroxyl groups is 1. The molecule has 88 valence electrons. The number of benzene rings is 1. The van der Waals surface area contributed by atoms with Gasteiger partial charge in [0.2, 0.25) is 0 Å². The summed E-state index contributed by atoms with van der Waals surface area (Å²) in [5.41, 5.74) is 1.15. The molecular formula is C12H13N3O2. The number of amides is 1. The normalized spacial score (nSPS) is 10.2. The van der Waals surface area contributed by atoms with Crippen molar-refractivity contribution >= 4 is 11.7 Å². The van der Waals surface area contributed by atoms with Crippen LogP contribution in [0, 0.1) is 6.92 Å². The van der Waals surface area contributed by atoms with Gasteiger partial charge in [0, 0.05) is 18.7 Å². The second kappa shape index (κ2) is 4.29. The van der Waals surface area contributed by atoms with Crippen molar-refractivity contribution in [2.45, 2.75) is 6.92 Å². The van der Waals surface area contributed by atoms with Crippen LogP contribution < -0.4 is 5.32 Å². The molecule has 0 aliphatic heterocycles. The van der Waals surface area contributed by atoms with Crippen LogP contribution in [0.25, 0.3) is 0 Å². The molecule has 5 heteroatoms. The van der Waals surface area contributed by atoms with Crippen LogP contribution in [0.15, 0.2) is 30.5 Å². The maximum Gasteiger partial charge on any atom is 0.256 e. The first-order valence-electron chi connectivity index (χ1n) is 5.17. The van der Waals surface area contributed by atoms with Crippen molar-refractivity contribution in [3.63, 3.8) is 0 Å². The largest absolute Gasteiger partial charge is 0.508 e. The van der Waals surface area contributed by atoms with Crippen molar-refractivity contribution in [1.82, 2.24) is 9.78 Å². The van der Waals surface area contributed by atoms with Crippen molar-refractivity contribution in [3.05, 3.63) is 41.6 Å². The third-order valence-electron chi connectivity index (χ3n) is 2.53. The highest BCUT2D eigenvalue weighted by molar-refractivity contribution is 6.04. The Labute approximate surface area is 98.7 Å². The van der Waals surface area contributed by atoms with Gasteiger partial charge in [-0.15, -0.1) is 0 Å². The van der Waals surface area contributed by atoms with Crippen LogP contribution >= 0.6 is 0 Å². The molecule has 0 fully saturated rings. The molecule has 17 heavy (non-hydrogen) atoms. The molecule has 0 unspecified atom stereocenters. The average Bonchev–Trinajstić information content (AvgIpc) is 2.68. The van der Waals surface area contributed by atoms with Gasteiger partial charge in [0.25, 0.3) is 5.91 Å². The van der Waals surface area contributed by atoms with E-state index in [0.29, 0.717) is 11.4 Å². The van der Waals surface area contributed by atoms with E-state index < -0.39 is 0 Å². The molecule has 0 saturated heterocycles. The van der Waals surface area contributed by atoms with E-state index in [4.69, 9.17) is 0 Å². The Morgan fingerprint density at radius 2 is 2.18 bits per heavy atom.